The number of primary amides is 1. The molecule has 2 aromatic rings. The molecule has 1 aliphatic heterocycles. The molecule has 1 aromatic carbocycles. The van der Waals surface area contributed by atoms with Gasteiger partial charge in [-0.25, -0.2) is 0 Å². The Labute approximate surface area is 135 Å². The summed E-state index contributed by atoms with van der Waals surface area (Å²) >= 11 is 0. The topological polar surface area (TPSA) is 75.4 Å². The van der Waals surface area contributed by atoms with Crippen LogP contribution < -0.4 is 10.6 Å². The molecule has 0 atom stereocenters. The second kappa shape index (κ2) is 7.19. The molecule has 6 heteroatoms. The van der Waals surface area contributed by atoms with E-state index >= 15 is 0 Å². The molecule has 1 amide bonds. The largest absolute Gasteiger partial charge is 0.364 e. The van der Waals surface area contributed by atoms with Crippen molar-refractivity contribution in [3.63, 3.8) is 0 Å². The van der Waals surface area contributed by atoms with Crippen LogP contribution in [0.25, 0.3) is 0 Å². The van der Waals surface area contributed by atoms with Gasteiger partial charge in [-0.05, 0) is 24.1 Å². The van der Waals surface area contributed by atoms with E-state index < -0.39 is 5.91 Å². The van der Waals surface area contributed by atoms with E-state index in [4.69, 9.17) is 5.73 Å². The Balaban J connectivity index is 1.49. The number of carbonyl (C=O) groups is 1. The van der Waals surface area contributed by atoms with Crippen LogP contribution in [0.1, 0.15) is 16.1 Å². The second-order valence-electron chi connectivity index (χ2n) is 5.71. The van der Waals surface area contributed by atoms with Gasteiger partial charge in [-0.1, -0.05) is 30.3 Å². The van der Waals surface area contributed by atoms with Crippen LogP contribution in [0, 0.1) is 0 Å². The summed E-state index contributed by atoms with van der Waals surface area (Å²) < 4.78 is 0. The molecule has 0 bridgehead atoms. The summed E-state index contributed by atoms with van der Waals surface area (Å²) in [7, 11) is 0. The van der Waals surface area contributed by atoms with Gasteiger partial charge in [-0.15, -0.1) is 10.2 Å². The number of rotatable bonds is 5. The molecule has 0 unspecified atom stereocenters. The van der Waals surface area contributed by atoms with Gasteiger partial charge in [0.15, 0.2) is 11.5 Å². The minimum Gasteiger partial charge on any atom is -0.364 e. The minimum absolute atomic E-state index is 0.204. The van der Waals surface area contributed by atoms with Gasteiger partial charge in [-0.3, -0.25) is 9.69 Å². The minimum atomic E-state index is -0.546. The fourth-order valence-electron chi connectivity index (χ4n) is 2.76. The zero-order valence-electron chi connectivity index (χ0n) is 13.1. The molecule has 2 N–H and O–H groups in total. The maximum atomic E-state index is 11.0. The molecule has 0 radical (unpaired) electrons. The molecular weight excluding hydrogens is 290 g/mol. The number of amides is 1. The maximum absolute atomic E-state index is 11.0. The first-order valence-electron chi connectivity index (χ1n) is 7.87. The van der Waals surface area contributed by atoms with Gasteiger partial charge in [0.05, 0.1) is 0 Å². The van der Waals surface area contributed by atoms with E-state index in [-0.39, 0.29) is 5.69 Å². The number of anilines is 1. The number of nitrogens with zero attached hydrogens (tertiary/aromatic N) is 4. The van der Waals surface area contributed by atoms with E-state index in [1.165, 1.54) is 5.56 Å². The third-order valence-corrected chi connectivity index (χ3v) is 4.16. The number of nitrogens with two attached hydrogens (primary N) is 1. The van der Waals surface area contributed by atoms with Gasteiger partial charge in [0, 0.05) is 32.7 Å². The van der Waals surface area contributed by atoms with Crippen LogP contribution in [-0.2, 0) is 6.42 Å². The third kappa shape index (κ3) is 4.04. The molecule has 2 heterocycles. The number of hydrogen-bond donors (Lipinski definition) is 1. The van der Waals surface area contributed by atoms with Crippen LogP contribution in [0.4, 0.5) is 5.82 Å². The van der Waals surface area contributed by atoms with Crippen LogP contribution in [0.15, 0.2) is 42.5 Å². The fraction of sp³-hybridized carbons (Fsp3) is 0.353. The SMILES string of the molecule is NC(=O)c1ccc(N2CCN(CCc3ccccc3)CC2)nn1. The van der Waals surface area contributed by atoms with Crippen molar-refractivity contribution in [2.24, 2.45) is 5.73 Å². The number of hydrogen-bond acceptors (Lipinski definition) is 5. The van der Waals surface area contributed by atoms with Crippen molar-refractivity contribution in [3.05, 3.63) is 53.7 Å². The van der Waals surface area contributed by atoms with Crippen LogP contribution >= 0.6 is 0 Å². The Morgan fingerprint density at radius 1 is 1.00 bits per heavy atom. The number of piperazine rings is 1. The lowest BCUT2D eigenvalue weighted by atomic mass is 10.1. The van der Waals surface area contributed by atoms with Crippen molar-refractivity contribution in [3.8, 4) is 0 Å². The predicted molar refractivity (Wildman–Crippen MR) is 89.3 cm³/mol. The van der Waals surface area contributed by atoms with E-state index in [2.05, 4.69) is 44.3 Å². The van der Waals surface area contributed by atoms with Crippen molar-refractivity contribution in [1.29, 1.82) is 0 Å². The highest BCUT2D eigenvalue weighted by Crippen LogP contribution is 2.13. The van der Waals surface area contributed by atoms with Crippen molar-refractivity contribution < 1.29 is 4.79 Å². The van der Waals surface area contributed by atoms with Crippen LogP contribution in [0.3, 0.4) is 0 Å². The molecule has 23 heavy (non-hydrogen) atoms. The average Bonchev–Trinajstić information content (AvgIpc) is 2.61. The highest BCUT2D eigenvalue weighted by Gasteiger charge is 2.18. The third-order valence-electron chi connectivity index (χ3n) is 4.16. The van der Waals surface area contributed by atoms with Crippen molar-refractivity contribution >= 4 is 11.7 Å². The Hall–Kier alpha value is -2.47. The number of benzene rings is 1. The average molecular weight is 311 g/mol. The summed E-state index contributed by atoms with van der Waals surface area (Å²) in [5.74, 6) is 0.257. The highest BCUT2D eigenvalue weighted by molar-refractivity contribution is 5.90. The summed E-state index contributed by atoms with van der Waals surface area (Å²) in [6, 6.07) is 14.0. The summed E-state index contributed by atoms with van der Waals surface area (Å²) in [6.07, 6.45) is 1.08. The first-order valence-corrected chi connectivity index (χ1v) is 7.87. The van der Waals surface area contributed by atoms with Gasteiger partial charge in [0.25, 0.3) is 5.91 Å². The van der Waals surface area contributed by atoms with Crippen LogP contribution in [0.2, 0.25) is 0 Å². The molecule has 1 aliphatic rings. The lowest BCUT2D eigenvalue weighted by Crippen LogP contribution is -2.47. The zero-order valence-corrected chi connectivity index (χ0v) is 13.1. The first kappa shape index (κ1) is 15.4. The Morgan fingerprint density at radius 2 is 1.74 bits per heavy atom. The van der Waals surface area contributed by atoms with Crippen molar-refractivity contribution in [2.75, 3.05) is 37.6 Å². The van der Waals surface area contributed by atoms with Gasteiger partial charge in [0.2, 0.25) is 0 Å². The number of aromatic nitrogens is 2. The van der Waals surface area contributed by atoms with Gasteiger partial charge in [0.1, 0.15) is 0 Å². The van der Waals surface area contributed by atoms with E-state index in [0.29, 0.717) is 0 Å². The summed E-state index contributed by atoms with van der Waals surface area (Å²) in [6.45, 7) is 4.92. The Bertz CT molecular complexity index is 636. The fourth-order valence-corrected chi connectivity index (χ4v) is 2.76. The molecule has 0 aliphatic carbocycles. The zero-order chi connectivity index (χ0) is 16.1. The molecule has 0 saturated carbocycles. The van der Waals surface area contributed by atoms with E-state index in [1.54, 1.807) is 6.07 Å². The van der Waals surface area contributed by atoms with E-state index in [9.17, 15) is 4.79 Å². The number of carbonyl (C=O) groups excluding carboxylic acids is 1. The lowest BCUT2D eigenvalue weighted by molar-refractivity contribution is 0.0994. The quantitative estimate of drug-likeness (QED) is 0.889. The molecule has 1 aromatic heterocycles. The predicted octanol–water partition coefficient (Wildman–Crippen LogP) is 0.940. The normalized spacial score (nSPS) is 15.6. The van der Waals surface area contributed by atoms with Gasteiger partial charge < -0.3 is 10.6 Å². The van der Waals surface area contributed by atoms with Crippen LogP contribution in [0.5, 0.6) is 0 Å². The highest BCUT2D eigenvalue weighted by atomic mass is 16.1. The summed E-state index contributed by atoms with van der Waals surface area (Å²) in [5.41, 5.74) is 6.76. The molecule has 0 spiro atoms. The van der Waals surface area contributed by atoms with Gasteiger partial charge >= 0.3 is 0 Å². The van der Waals surface area contributed by atoms with E-state index in [0.717, 1.165) is 45.0 Å². The first-order chi connectivity index (χ1) is 11.2. The van der Waals surface area contributed by atoms with Crippen molar-refractivity contribution in [1.82, 2.24) is 15.1 Å². The van der Waals surface area contributed by atoms with Crippen molar-refractivity contribution in [2.45, 2.75) is 6.42 Å². The smallest absolute Gasteiger partial charge is 0.269 e. The molecule has 1 fully saturated rings. The molecule has 3 rings (SSSR count). The second-order valence-corrected chi connectivity index (χ2v) is 5.71. The molecule has 1 saturated heterocycles. The molecular formula is C17H21N5O. The summed E-state index contributed by atoms with van der Waals surface area (Å²) in [5, 5.41) is 7.97. The molecule has 120 valence electrons. The Kier molecular flexibility index (Phi) is 4.83. The van der Waals surface area contributed by atoms with Crippen LogP contribution in [-0.4, -0.2) is 53.7 Å². The molecule has 6 nitrogen and oxygen atoms in total. The van der Waals surface area contributed by atoms with E-state index in [1.807, 2.05) is 12.1 Å². The summed E-state index contributed by atoms with van der Waals surface area (Å²) in [4.78, 5) is 15.7. The van der Waals surface area contributed by atoms with Gasteiger partial charge in [-0.2, -0.15) is 0 Å². The monoisotopic (exact) mass is 311 g/mol. The maximum Gasteiger partial charge on any atom is 0.269 e. The Morgan fingerprint density at radius 3 is 2.35 bits per heavy atom. The lowest BCUT2D eigenvalue weighted by Gasteiger charge is -2.35. The standard InChI is InChI=1S/C17H21N5O/c18-17(23)15-6-7-16(20-19-15)22-12-10-21(11-13-22)9-8-14-4-2-1-3-5-14/h1-7H,8-13H2,(H2,18,23).